The molecule has 4 unspecified atom stereocenters. The Morgan fingerprint density at radius 2 is 1.84 bits per heavy atom. The van der Waals surface area contributed by atoms with Gasteiger partial charge in [-0.3, -0.25) is 14.4 Å². The SMILES string of the molecule is CCC(C)C(NC(=O)CNC(=O)C1CCCN1)C(=O)NC(Cc1ccc(O)cc1)C(=O)O. The van der Waals surface area contributed by atoms with E-state index < -0.39 is 29.9 Å². The maximum absolute atomic E-state index is 12.9. The highest BCUT2D eigenvalue weighted by molar-refractivity contribution is 5.92. The van der Waals surface area contributed by atoms with Crippen molar-refractivity contribution in [2.45, 2.75) is 57.7 Å². The first-order chi connectivity index (χ1) is 15.2. The van der Waals surface area contributed by atoms with Crippen molar-refractivity contribution in [3.8, 4) is 5.75 Å². The number of aliphatic carboxylic acids is 1. The van der Waals surface area contributed by atoms with Crippen molar-refractivity contribution in [2.75, 3.05) is 13.1 Å². The third-order valence-corrected chi connectivity index (χ3v) is 5.60. The van der Waals surface area contributed by atoms with Gasteiger partial charge < -0.3 is 31.5 Å². The Labute approximate surface area is 187 Å². The Hall–Kier alpha value is -3.14. The van der Waals surface area contributed by atoms with E-state index in [1.165, 1.54) is 12.1 Å². The zero-order chi connectivity index (χ0) is 23.7. The number of carbonyl (C=O) groups is 4. The average Bonchev–Trinajstić information content (AvgIpc) is 3.31. The number of carbonyl (C=O) groups excluding carboxylic acids is 3. The standard InChI is InChI=1S/C22H32N4O6/c1-3-13(2)19(26-18(28)12-24-20(29)16-5-4-10-23-16)21(30)25-17(22(31)32)11-14-6-8-15(27)9-7-14/h6-9,13,16-17,19,23,27H,3-5,10-12H2,1-2H3,(H,24,29)(H,25,30)(H,26,28)(H,31,32). The largest absolute Gasteiger partial charge is 0.508 e. The lowest BCUT2D eigenvalue weighted by Crippen LogP contribution is -2.56. The summed E-state index contributed by atoms with van der Waals surface area (Å²) in [5.74, 6) is -2.81. The van der Waals surface area contributed by atoms with Crippen LogP contribution in [0.4, 0.5) is 0 Å². The van der Waals surface area contributed by atoms with Crippen molar-refractivity contribution in [3.63, 3.8) is 0 Å². The first kappa shape index (κ1) is 25.1. The summed E-state index contributed by atoms with van der Waals surface area (Å²) in [4.78, 5) is 49.0. The summed E-state index contributed by atoms with van der Waals surface area (Å²) in [5.41, 5.74) is 0.628. The van der Waals surface area contributed by atoms with Gasteiger partial charge in [0.15, 0.2) is 0 Å². The molecule has 0 radical (unpaired) electrons. The van der Waals surface area contributed by atoms with Gasteiger partial charge in [0.1, 0.15) is 17.8 Å². The molecule has 1 aromatic rings. The summed E-state index contributed by atoms with van der Waals surface area (Å²) in [7, 11) is 0. The van der Waals surface area contributed by atoms with Crippen molar-refractivity contribution < 1.29 is 29.4 Å². The number of carboxylic acid groups (broad SMARTS) is 1. The molecule has 10 nitrogen and oxygen atoms in total. The molecule has 6 N–H and O–H groups in total. The Bertz CT molecular complexity index is 807. The predicted molar refractivity (Wildman–Crippen MR) is 117 cm³/mol. The van der Waals surface area contributed by atoms with E-state index in [1.54, 1.807) is 19.1 Å². The molecule has 176 valence electrons. The molecule has 4 atom stereocenters. The molecule has 0 saturated carbocycles. The summed E-state index contributed by atoms with van der Waals surface area (Å²) < 4.78 is 0. The van der Waals surface area contributed by atoms with E-state index in [0.29, 0.717) is 18.4 Å². The number of hydrogen-bond acceptors (Lipinski definition) is 6. The molecule has 0 aliphatic carbocycles. The van der Waals surface area contributed by atoms with Crippen LogP contribution in [0.3, 0.4) is 0 Å². The number of rotatable bonds is 11. The number of nitrogens with one attached hydrogen (secondary N) is 4. The zero-order valence-electron chi connectivity index (χ0n) is 18.4. The van der Waals surface area contributed by atoms with Crippen LogP contribution in [-0.4, -0.2) is 65.1 Å². The van der Waals surface area contributed by atoms with E-state index in [2.05, 4.69) is 21.3 Å². The van der Waals surface area contributed by atoms with Gasteiger partial charge in [0, 0.05) is 6.42 Å². The molecule has 0 spiro atoms. The van der Waals surface area contributed by atoms with Crippen molar-refractivity contribution in [2.24, 2.45) is 5.92 Å². The van der Waals surface area contributed by atoms with E-state index in [4.69, 9.17) is 0 Å². The van der Waals surface area contributed by atoms with Crippen LogP contribution < -0.4 is 21.3 Å². The van der Waals surface area contributed by atoms with Crippen LogP contribution in [0.5, 0.6) is 5.75 Å². The minimum Gasteiger partial charge on any atom is -0.508 e. The van der Waals surface area contributed by atoms with E-state index in [1.807, 2.05) is 6.92 Å². The Balaban J connectivity index is 1.97. The van der Waals surface area contributed by atoms with Gasteiger partial charge in [0.2, 0.25) is 17.7 Å². The summed E-state index contributed by atoms with van der Waals surface area (Å²) in [6, 6.07) is 3.56. The molecule has 1 heterocycles. The second-order valence-electron chi connectivity index (χ2n) is 8.07. The molecule has 1 fully saturated rings. The number of carboxylic acids is 1. The molecule has 1 aliphatic heterocycles. The monoisotopic (exact) mass is 448 g/mol. The number of phenolic OH excluding ortho intramolecular Hbond substituents is 1. The molecule has 1 saturated heterocycles. The number of amides is 3. The normalized spacial score (nSPS) is 18.2. The van der Waals surface area contributed by atoms with Crippen LogP contribution in [0.2, 0.25) is 0 Å². The average molecular weight is 449 g/mol. The molecule has 2 rings (SSSR count). The molecule has 10 heteroatoms. The molecule has 3 amide bonds. The molecule has 1 aliphatic rings. The molecule has 1 aromatic carbocycles. The fraction of sp³-hybridized carbons (Fsp3) is 0.545. The maximum atomic E-state index is 12.9. The summed E-state index contributed by atoms with van der Waals surface area (Å²) in [6.45, 7) is 4.12. The highest BCUT2D eigenvalue weighted by atomic mass is 16.4. The molecular weight excluding hydrogens is 416 g/mol. The molecule has 32 heavy (non-hydrogen) atoms. The minimum atomic E-state index is -1.21. The molecule has 0 aromatic heterocycles. The third-order valence-electron chi connectivity index (χ3n) is 5.60. The van der Waals surface area contributed by atoms with Crippen molar-refractivity contribution >= 4 is 23.7 Å². The Morgan fingerprint density at radius 3 is 2.41 bits per heavy atom. The van der Waals surface area contributed by atoms with Crippen molar-refractivity contribution in [1.29, 1.82) is 0 Å². The zero-order valence-corrected chi connectivity index (χ0v) is 18.4. The van der Waals surface area contributed by atoms with Gasteiger partial charge >= 0.3 is 5.97 Å². The van der Waals surface area contributed by atoms with E-state index in [-0.39, 0.29) is 36.6 Å². The lowest BCUT2D eigenvalue weighted by Gasteiger charge is -2.25. The van der Waals surface area contributed by atoms with Gasteiger partial charge in [-0.1, -0.05) is 32.4 Å². The van der Waals surface area contributed by atoms with Crippen molar-refractivity contribution in [1.82, 2.24) is 21.3 Å². The topological polar surface area (TPSA) is 157 Å². The predicted octanol–water partition coefficient (Wildman–Crippen LogP) is -0.0968. The van der Waals surface area contributed by atoms with Gasteiger partial charge in [0.25, 0.3) is 0 Å². The van der Waals surface area contributed by atoms with Gasteiger partial charge in [-0.05, 0) is 43.0 Å². The number of hydrogen-bond donors (Lipinski definition) is 6. The Kier molecular flexibility index (Phi) is 9.45. The first-order valence-electron chi connectivity index (χ1n) is 10.8. The smallest absolute Gasteiger partial charge is 0.326 e. The van der Waals surface area contributed by atoms with Gasteiger partial charge in [-0.25, -0.2) is 4.79 Å². The van der Waals surface area contributed by atoms with Crippen LogP contribution in [0, 0.1) is 5.92 Å². The number of phenols is 1. The fourth-order valence-corrected chi connectivity index (χ4v) is 3.45. The highest BCUT2D eigenvalue weighted by Gasteiger charge is 2.30. The van der Waals surface area contributed by atoms with Crippen LogP contribution in [-0.2, 0) is 25.6 Å². The van der Waals surface area contributed by atoms with E-state index in [0.717, 1.165) is 13.0 Å². The van der Waals surface area contributed by atoms with Crippen LogP contribution in [0.25, 0.3) is 0 Å². The van der Waals surface area contributed by atoms with Crippen LogP contribution in [0.15, 0.2) is 24.3 Å². The molecule has 0 bridgehead atoms. The number of benzene rings is 1. The van der Waals surface area contributed by atoms with Gasteiger partial charge in [-0.2, -0.15) is 0 Å². The summed E-state index contributed by atoms with van der Waals surface area (Å²) >= 11 is 0. The lowest BCUT2D eigenvalue weighted by atomic mass is 9.97. The maximum Gasteiger partial charge on any atom is 0.326 e. The van der Waals surface area contributed by atoms with E-state index >= 15 is 0 Å². The summed E-state index contributed by atoms with van der Waals surface area (Å²) in [6.07, 6.45) is 2.21. The summed E-state index contributed by atoms with van der Waals surface area (Å²) in [5, 5.41) is 29.6. The second-order valence-corrected chi connectivity index (χ2v) is 8.07. The second kappa shape index (κ2) is 12.0. The van der Waals surface area contributed by atoms with Gasteiger partial charge in [-0.15, -0.1) is 0 Å². The quantitative estimate of drug-likeness (QED) is 0.276. The number of aromatic hydroxyl groups is 1. The Morgan fingerprint density at radius 1 is 1.16 bits per heavy atom. The third kappa shape index (κ3) is 7.52. The molecular formula is C22H32N4O6. The first-order valence-corrected chi connectivity index (χ1v) is 10.8. The van der Waals surface area contributed by atoms with Gasteiger partial charge in [0.05, 0.1) is 12.6 Å². The van der Waals surface area contributed by atoms with Crippen LogP contribution >= 0.6 is 0 Å². The van der Waals surface area contributed by atoms with Crippen LogP contribution in [0.1, 0.15) is 38.7 Å². The van der Waals surface area contributed by atoms with Crippen molar-refractivity contribution in [3.05, 3.63) is 29.8 Å². The fourth-order valence-electron chi connectivity index (χ4n) is 3.45. The van der Waals surface area contributed by atoms with E-state index in [9.17, 15) is 29.4 Å². The minimum absolute atomic E-state index is 0.0208. The lowest BCUT2D eigenvalue weighted by molar-refractivity contribution is -0.142. The highest BCUT2D eigenvalue weighted by Crippen LogP contribution is 2.13.